The van der Waals surface area contributed by atoms with E-state index in [1.165, 1.54) is 24.3 Å². The molecule has 0 aromatic heterocycles. The number of hydrogen-bond acceptors (Lipinski definition) is 9. The average molecular weight is 373 g/mol. The van der Waals surface area contributed by atoms with Gasteiger partial charge in [0.05, 0.1) is 38.0 Å². The third-order valence-electron chi connectivity index (χ3n) is 3.70. The topological polar surface area (TPSA) is 179 Å². The quantitative estimate of drug-likeness (QED) is 0.466. The number of nitrogens with one attached hydrogen (secondary N) is 1. The minimum absolute atomic E-state index is 0.00205. The summed E-state index contributed by atoms with van der Waals surface area (Å²) in [5.41, 5.74) is -1.70. The Hall–Kier alpha value is -4.42. The molecule has 0 radical (unpaired) electrons. The van der Waals surface area contributed by atoms with Gasteiger partial charge in [0.25, 0.3) is 17.5 Å². The van der Waals surface area contributed by atoms with E-state index >= 15 is 0 Å². The number of non-ortho nitro benzene ring substituents is 1. The van der Waals surface area contributed by atoms with Crippen molar-refractivity contribution < 1.29 is 24.4 Å². The lowest BCUT2D eigenvalue weighted by Gasteiger charge is -2.16. The maximum absolute atomic E-state index is 12.3. The highest BCUT2D eigenvalue weighted by molar-refractivity contribution is 6.22. The molecule has 1 aliphatic rings. The standard InChI is InChI=1S/C14H7N5O8/c20-13-8-3-1-2-4-9(8)14(21)16(13)15-12-10(18(24)25)5-7(17(22)23)6-11(12)19(26)27/h1-6,15H. The van der Waals surface area contributed by atoms with Crippen LogP contribution in [0.15, 0.2) is 36.4 Å². The summed E-state index contributed by atoms with van der Waals surface area (Å²) in [6.45, 7) is 0. The predicted octanol–water partition coefficient (Wildman–Crippen LogP) is 2.03. The van der Waals surface area contributed by atoms with Crippen LogP contribution < -0.4 is 5.43 Å². The number of nitrogens with zero attached hydrogens (tertiary/aromatic N) is 4. The average Bonchev–Trinajstić information content (AvgIpc) is 2.86. The Morgan fingerprint density at radius 2 is 1.22 bits per heavy atom. The Kier molecular flexibility index (Phi) is 3.96. The van der Waals surface area contributed by atoms with E-state index in [9.17, 15) is 39.9 Å². The van der Waals surface area contributed by atoms with E-state index in [2.05, 4.69) is 5.43 Å². The van der Waals surface area contributed by atoms with Crippen LogP contribution >= 0.6 is 0 Å². The van der Waals surface area contributed by atoms with Gasteiger partial charge in [-0.2, -0.15) is 5.01 Å². The van der Waals surface area contributed by atoms with Gasteiger partial charge in [-0.25, -0.2) is 0 Å². The van der Waals surface area contributed by atoms with Crippen LogP contribution in [-0.2, 0) is 0 Å². The zero-order valence-electron chi connectivity index (χ0n) is 13.0. The van der Waals surface area contributed by atoms with Crippen LogP contribution in [0.5, 0.6) is 0 Å². The Morgan fingerprint density at radius 3 is 1.59 bits per heavy atom. The van der Waals surface area contributed by atoms with Crippen molar-refractivity contribution in [2.75, 3.05) is 5.43 Å². The van der Waals surface area contributed by atoms with Crippen molar-refractivity contribution in [1.82, 2.24) is 5.01 Å². The Balaban J connectivity index is 2.14. The number of amides is 2. The molecule has 0 aliphatic carbocycles. The number of hydrogen-bond donors (Lipinski definition) is 1. The first-order valence-electron chi connectivity index (χ1n) is 7.08. The zero-order valence-corrected chi connectivity index (χ0v) is 13.0. The van der Waals surface area contributed by atoms with Crippen molar-refractivity contribution in [2.45, 2.75) is 0 Å². The van der Waals surface area contributed by atoms with Crippen LogP contribution in [0.4, 0.5) is 22.7 Å². The first-order valence-corrected chi connectivity index (χ1v) is 7.08. The smallest absolute Gasteiger partial charge is 0.276 e. The SMILES string of the molecule is O=C1c2ccccc2C(=O)N1Nc1c([N+](=O)[O-])cc([N+](=O)[O-])cc1[N+](=O)[O-]. The van der Waals surface area contributed by atoms with E-state index in [1.54, 1.807) is 0 Å². The fourth-order valence-corrected chi connectivity index (χ4v) is 2.51. The van der Waals surface area contributed by atoms with E-state index in [4.69, 9.17) is 0 Å². The highest BCUT2D eigenvalue weighted by Crippen LogP contribution is 2.39. The summed E-state index contributed by atoms with van der Waals surface area (Å²) >= 11 is 0. The molecule has 0 unspecified atom stereocenters. The lowest BCUT2D eigenvalue weighted by atomic mass is 10.1. The predicted molar refractivity (Wildman–Crippen MR) is 87.0 cm³/mol. The molecule has 27 heavy (non-hydrogen) atoms. The molecular weight excluding hydrogens is 366 g/mol. The maximum atomic E-state index is 12.3. The first-order chi connectivity index (χ1) is 12.7. The summed E-state index contributed by atoms with van der Waals surface area (Å²) in [5, 5.41) is 33.8. The molecule has 0 saturated carbocycles. The van der Waals surface area contributed by atoms with Gasteiger partial charge in [0, 0.05) is 0 Å². The number of fused-ring (bicyclic) bond motifs is 1. The number of benzene rings is 2. The van der Waals surface area contributed by atoms with Crippen LogP contribution in [-0.4, -0.2) is 31.6 Å². The molecule has 2 aromatic rings. The fourth-order valence-electron chi connectivity index (χ4n) is 2.51. The Labute approximate surface area is 148 Å². The number of rotatable bonds is 5. The first kappa shape index (κ1) is 17.4. The van der Waals surface area contributed by atoms with Crippen molar-refractivity contribution in [3.63, 3.8) is 0 Å². The van der Waals surface area contributed by atoms with Crippen molar-refractivity contribution >= 4 is 34.6 Å². The Morgan fingerprint density at radius 1 is 0.778 bits per heavy atom. The van der Waals surface area contributed by atoms with E-state index in [0.29, 0.717) is 17.1 Å². The van der Waals surface area contributed by atoms with E-state index < -0.39 is 49.3 Å². The van der Waals surface area contributed by atoms with Gasteiger partial charge in [-0.3, -0.25) is 45.4 Å². The number of carbonyl (C=O) groups is 2. The maximum Gasteiger partial charge on any atom is 0.308 e. The number of nitro benzene ring substituents is 3. The molecule has 0 saturated heterocycles. The van der Waals surface area contributed by atoms with Gasteiger partial charge in [-0.05, 0) is 12.1 Å². The molecule has 0 spiro atoms. The summed E-state index contributed by atoms with van der Waals surface area (Å²) in [6.07, 6.45) is 0. The largest absolute Gasteiger partial charge is 0.308 e. The van der Waals surface area contributed by atoms with Crippen LogP contribution in [0.1, 0.15) is 20.7 Å². The molecule has 3 rings (SSSR count). The van der Waals surface area contributed by atoms with E-state index in [0.717, 1.165) is 0 Å². The van der Waals surface area contributed by atoms with Crippen LogP contribution in [0.2, 0.25) is 0 Å². The van der Waals surface area contributed by atoms with Crippen molar-refractivity contribution in [3.8, 4) is 0 Å². The molecule has 2 aromatic carbocycles. The van der Waals surface area contributed by atoms with Crippen molar-refractivity contribution in [3.05, 3.63) is 77.9 Å². The fraction of sp³-hybridized carbons (Fsp3) is 0. The van der Waals surface area contributed by atoms with E-state index in [1.807, 2.05) is 0 Å². The monoisotopic (exact) mass is 373 g/mol. The van der Waals surface area contributed by atoms with Crippen LogP contribution in [0, 0.1) is 30.3 Å². The lowest BCUT2D eigenvalue weighted by molar-refractivity contribution is -0.401. The van der Waals surface area contributed by atoms with Gasteiger partial charge < -0.3 is 0 Å². The molecule has 0 fully saturated rings. The number of hydrazine groups is 1. The van der Waals surface area contributed by atoms with Gasteiger partial charge in [0.1, 0.15) is 0 Å². The highest BCUT2D eigenvalue weighted by Gasteiger charge is 2.39. The van der Waals surface area contributed by atoms with Gasteiger partial charge in [-0.1, -0.05) is 12.1 Å². The minimum Gasteiger partial charge on any atom is -0.276 e. The molecule has 1 N–H and O–H groups in total. The Bertz CT molecular complexity index is 980. The van der Waals surface area contributed by atoms with Crippen LogP contribution in [0.25, 0.3) is 0 Å². The number of anilines is 1. The molecule has 0 bridgehead atoms. The molecular formula is C14H7N5O8. The molecule has 0 atom stereocenters. The van der Waals surface area contributed by atoms with E-state index in [-0.39, 0.29) is 11.1 Å². The summed E-state index contributed by atoms with van der Waals surface area (Å²) in [5.74, 6) is -1.75. The lowest BCUT2D eigenvalue weighted by Crippen LogP contribution is -2.35. The van der Waals surface area contributed by atoms with Crippen LogP contribution in [0.3, 0.4) is 0 Å². The second-order valence-corrected chi connectivity index (χ2v) is 5.23. The zero-order chi connectivity index (χ0) is 19.9. The second-order valence-electron chi connectivity index (χ2n) is 5.23. The van der Waals surface area contributed by atoms with Crippen molar-refractivity contribution in [1.29, 1.82) is 0 Å². The van der Waals surface area contributed by atoms with Crippen molar-refractivity contribution in [2.24, 2.45) is 0 Å². The summed E-state index contributed by atoms with van der Waals surface area (Å²) in [4.78, 5) is 54.9. The van der Waals surface area contributed by atoms with Gasteiger partial charge >= 0.3 is 11.4 Å². The van der Waals surface area contributed by atoms with Gasteiger partial charge in [0.15, 0.2) is 0 Å². The summed E-state index contributed by atoms with van der Waals surface area (Å²) in [7, 11) is 0. The third kappa shape index (κ3) is 2.78. The highest BCUT2D eigenvalue weighted by atomic mass is 16.6. The summed E-state index contributed by atoms with van der Waals surface area (Å²) in [6, 6.07) is 6.65. The number of carbonyl (C=O) groups excluding carboxylic acids is 2. The minimum atomic E-state index is -1.10. The molecule has 13 heteroatoms. The van der Waals surface area contributed by atoms with Gasteiger partial charge in [-0.15, -0.1) is 0 Å². The molecule has 2 amide bonds. The second kappa shape index (κ2) is 6.14. The number of imide groups is 1. The molecule has 13 nitrogen and oxygen atoms in total. The van der Waals surface area contributed by atoms with Gasteiger partial charge in [0.2, 0.25) is 5.69 Å². The number of nitro groups is 3. The molecule has 1 aliphatic heterocycles. The summed E-state index contributed by atoms with van der Waals surface area (Å²) < 4.78 is 0. The normalized spacial score (nSPS) is 12.7. The molecule has 1 heterocycles. The molecule has 136 valence electrons. The third-order valence-corrected chi connectivity index (χ3v) is 3.70.